The van der Waals surface area contributed by atoms with Crippen molar-refractivity contribution in [1.29, 1.82) is 0 Å². The van der Waals surface area contributed by atoms with Crippen LogP contribution in [0.4, 0.5) is 5.95 Å². The van der Waals surface area contributed by atoms with Crippen LogP contribution in [0.2, 0.25) is 5.28 Å². The molecule has 20 heavy (non-hydrogen) atoms. The van der Waals surface area contributed by atoms with Crippen molar-refractivity contribution in [1.82, 2.24) is 19.9 Å². The van der Waals surface area contributed by atoms with Gasteiger partial charge in [0.05, 0.1) is 6.61 Å². The fraction of sp³-hybridized carbons (Fsp3) is 0.385. The predicted molar refractivity (Wildman–Crippen MR) is 77.0 cm³/mol. The molecule has 0 N–H and O–H groups in total. The van der Waals surface area contributed by atoms with E-state index in [1.807, 2.05) is 30.9 Å². The second-order valence-electron chi connectivity index (χ2n) is 3.99. The molecule has 0 aliphatic carbocycles. The Morgan fingerprint density at radius 3 is 2.55 bits per heavy atom. The molecular weight excluding hydrogens is 278 g/mol. The highest BCUT2D eigenvalue weighted by molar-refractivity contribution is 6.28. The molecule has 0 spiro atoms. The van der Waals surface area contributed by atoms with Gasteiger partial charge in [0, 0.05) is 25.5 Å². The lowest BCUT2D eigenvalue weighted by Crippen LogP contribution is -2.24. The van der Waals surface area contributed by atoms with Gasteiger partial charge in [0.1, 0.15) is 0 Å². The Balaban J connectivity index is 2.22. The molecule has 2 heterocycles. The summed E-state index contributed by atoms with van der Waals surface area (Å²) >= 11 is 5.91. The summed E-state index contributed by atoms with van der Waals surface area (Å²) in [5.41, 5.74) is 1.12. The number of ether oxygens (including phenoxy) is 1. The van der Waals surface area contributed by atoms with E-state index in [2.05, 4.69) is 19.9 Å². The van der Waals surface area contributed by atoms with Gasteiger partial charge < -0.3 is 9.64 Å². The highest BCUT2D eigenvalue weighted by atomic mass is 35.5. The van der Waals surface area contributed by atoms with Crippen LogP contribution in [0.15, 0.2) is 24.5 Å². The van der Waals surface area contributed by atoms with Crippen LogP contribution in [0.1, 0.15) is 19.4 Å². The summed E-state index contributed by atoms with van der Waals surface area (Å²) in [6.07, 6.45) is 3.52. The largest absolute Gasteiger partial charge is 0.464 e. The summed E-state index contributed by atoms with van der Waals surface area (Å²) in [4.78, 5) is 18.4. The Hall–Kier alpha value is -1.95. The van der Waals surface area contributed by atoms with Crippen LogP contribution in [0.5, 0.6) is 6.01 Å². The van der Waals surface area contributed by atoms with Crippen molar-refractivity contribution in [3.63, 3.8) is 0 Å². The smallest absolute Gasteiger partial charge is 0.322 e. The van der Waals surface area contributed by atoms with Crippen LogP contribution in [0, 0.1) is 0 Å². The number of anilines is 1. The fourth-order valence-corrected chi connectivity index (χ4v) is 1.84. The van der Waals surface area contributed by atoms with Crippen LogP contribution < -0.4 is 9.64 Å². The molecule has 0 fully saturated rings. The van der Waals surface area contributed by atoms with Crippen LogP contribution >= 0.6 is 11.6 Å². The van der Waals surface area contributed by atoms with Crippen molar-refractivity contribution in [3.8, 4) is 6.01 Å². The standard InChI is InChI=1S/C13H16ClN5O/c1-3-19(9-10-5-7-15-8-6-10)12-16-11(14)17-13(18-12)20-4-2/h5-8H,3-4,9H2,1-2H3. The second-order valence-corrected chi connectivity index (χ2v) is 4.33. The van der Waals surface area contributed by atoms with E-state index in [0.29, 0.717) is 19.1 Å². The molecule has 0 aromatic carbocycles. The maximum absolute atomic E-state index is 5.91. The quantitative estimate of drug-likeness (QED) is 0.814. The predicted octanol–water partition coefficient (Wildman–Crippen LogP) is 2.35. The van der Waals surface area contributed by atoms with Gasteiger partial charge in [0.25, 0.3) is 0 Å². The monoisotopic (exact) mass is 293 g/mol. The molecule has 0 aliphatic rings. The number of pyridine rings is 1. The molecule has 0 atom stereocenters. The zero-order valence-electron chi connectivity index (χ0n) is 11.5. The van der Waals surface area contributed by atoms with Gasteiger partial charge in [-0.05, 0) is 43.1 Å². The Morgan fingerprint density at radius 1 is 1.15 bits per heavy atom. The van der Waals surface area contributed by atoms with E-state index >= 15 is 0 Å². The number of halogens is 1. The molecular formula is C13H16ClN5O. The van der Waals surface area contributed by atoms with E-state index in [1.54, 1.807) is 12.4 Å². The van der Waals surface area contributed by atoms with Gasteiger partial charge in [-0.25, -0.2) is 0 Å². The molecule has 0 saturated heterocycles. The average molecular weight is 294 g/mol. The van der Waals surface area contributed by atoms with Crippen LogP contribution in [0.25, 0.3) is 0 Å². The lowest BCUT2D eigenvalue weighted by Gasteiger charge is -2.20. The van der Waals surface area contributed by atoms with Gasteiger partial charge in [0.15, 0.2) is 0 Å². The van der Waals surface area contributed by atoms with Gasteiger partial charge in [-0.1, -0.05) is 0 Å². The molecule has 0 unspecified atom stereocenters. The molecule has 106 valence electrons. The number of hydrogen-bond acceptors (Lipinski definition) is 6. The Bertz CT molecular complexity index is 552. The molecule has 2 aromatic heterocycles. The van der Waals surface area contributed by atoms with E-state index in [1.165, 1.54) is 0 Å². The molecule has 7 heteroatoms. The third-order valence-electron chi connectivity index (χ3n) is 2.64. The van der Waals surface area contributed by atoms with Gasteiger partial charge in [0.2, 0.25) is 11.2 Å². The minimum Gasteiger partial charge on any atom is -0.464 e. The van der Waals surface area contributed by atoms with E-state index in [9.17, 15) is 0 Å². The van der Waals surface area contributed by atoms with Crippen molar-refractivity contribution in [2.24, 2.45) is 0 Å². The maximum atomic E-state index is 5.91. The molecule has 0 saturated carbocycles. The van der Waals surface area contributed by atoms with E-state index in [4.69, 9.17) is 16.3 Å². The first-order valence-corrected chi connectivity index (χ1v) is 6.79. The molecule has 0 bridgehead atoms. The van der Waals surface area contributed by atoms with Crippen molar-refractivity contribution in [3.05, 3.63) is 35.4 Å². The van der Waals surface area contributed by atoms with Gasteiger partial charge in [-0.3, -0.25) is 4.98 Å². The third-order valence-corrected chi connectivity index (χ3v) is 2.81. The first-order valence-electron chi connectivity index (χ1n) is 6.41. The number of aromatic nitrogens is 4. The summed E-state index contributed by atoms with van der Waals surface area (Å²) in [6, 6.07) is 4.15. The van der Waals surface area contributed by atoms with Crippen LogP contribution in [-0.2, 0) is 6.54 Å². The fourth-order valence-electron chi connectivity index (χ4n) is 1.69. The molecule has 2 aromatic rings. The summed E-state index contributed by atoms with van der Waals surface area (Å²) in [6.45, 7) is 5.79. The van der Waals surface area contributed by atoms with E-state index < -0.39 is 0 Å². The Kier molecular flexibility index (Phi) is 5.06. The molecule has 0 amide bonds. The second kappa shape index (κ2) is 7.00. The van der Waals surface area contributed by atoms with Gasteiger partial charge in [-0.15, -0.1) is 0 Å². The normalized spacial score (nSPS) is 10.3. The minimum atomic E-state index is 0.131. The third kappa shape index (κ3) is 3.77. The SMILES string of the molecule is CCOc1nc(Cl)nc(N(CC)Cc2ccncc2)n1. The Morgan fingerprint density at radius 2 is 1.90 bits per heavy atom. The molecule has 2 rings (SSSR count). The number of rotatable bonds is 6. The minimum absolute atomic E-state index is 0.131. The summed E-state index contributed by atoms with van der Waals surface area (Å²) in [5.74, 6) is 0.507. The van der Waals surface area contributed by atoms with Crippen molar-refractivity contribution < 1.29 is 4.74 Å². The number of hydrogen-bond donors (Lipinski definition) is 0. The summed E-state index contributed by atoms with van der Waals surface area (Å²) in [7, 11) is 0. The lowest BCUT2D eigenvalue weighted by molar-refractivity contribution is 0.311. The highest BCUT2D eigenvalue weighted by Crippen LogP contribution is 2.17. The van der Waals surface area contributed by atoms with E-state index in [-0.39, 0.29) is 11.3 Å². The first kappa shape index (κ1) is 14.5. The topological polar surface area (TPSA) is 64.0 Å². The Labute approximate surface area is 122 Å². The zero-order valence-corrected chi connectivity index (χ0v) is 12.2. The molecule has 0 radical (unpaired) electrons. The highest BCUT2D eigenvalue weighted by Gasteiger charge is 2.12. The summed E-state index contributed by atoms with van der Waals surface area (Å²) < 4.78 is 5.29. The van der Waals surface area contributed by atoms with Crippen molar-refractivity contribution >= 4 is 17.5 Å². The number of nitrogens with zero attached hydrogens (tertiary/aromatic N) is 5. The maximum Gasteiger partial charge on any atom is 0.322 e. The van der Waals surface area contributed by atoms with E-state index in [0.717, 1.165) is 12.1 Å². The van der Waals surface area contributed by atoms with Gasteiger partial charge in [-0.2, -0.15) is 15.0 Å². The zero-order chi connectivity index (χ0) is 14.4. The van der Waals surface area contributed by atoms with Crippen LogP contribution in [0.3, 0.4) is 0 Å². The van der Waals surface area contributed by atoms with Crippen molar-refractivity contribution in [2.45, 2.75) is 20.4 Å². The van der Waals surface area contributed by atoms with Crippen molar-refractivity contribution in [2.75, 3.05) is 18.1 Å². The van der Waals surface area contributed by atoms with Crippen LogP contribution in [-0.4, -0.2) is 33.1 Å². The average Bonchev–Trinajstić information content (AvgIpc) is 2.45. The molecule has 6 nitrogen and oxygen atoms in total. The first-order chi connectivity index (χ1) is 9.72. The lowest BCUT2D eigenvalue weighted by atomic mass is 10.2. The molecule has 0 aliphatic heterocycles. The summed E-state index contributed by atoms with van der Waals surface area (Å²) in [5, 5.41) is 0.131. The van der Waals surface area contributed by atoms with Gasteiger partial charge >= 0.3 is 6.01 Å².